The molecule has 130 valence electrons. The molecule has 3 rings (SSSR count). The summed E-state index contributed by atoms with van der Waals surface area (Å²) >= 11 is 0. The molecular weight excluding hydrogens is 320 g/mol. The van der Waals surface area contributed by atoms with E-state index < -0.39 is 8.07 Å². The smallest absolute Gasteiger partial charge is 0.116 e. The number of aryl methyl sites for hydroxylation is 1. The molecule has 0 bridgehead atoms. The van der Waals surface area contributed by atoms with Gasteiger partial charge in [-0.15, -0.1) is 0 Å². The predicted octanol–water partition coefficient (Wildman–Crippen LogP) is 5.35. The number of fused-ring (bicyclic) bond motifs is 1. The molecule has 3 aromatic rings. The molecule has 1 heterocycles. The summed E-state index contributed by atoms with van der Waals surface area (Å²) in [5, 5.41) is 2.66. The Hall–Kier alpha value is -2.00. The van der Waals surface area contributed by atoms with E-state index in [0.29, 0.717) is 5.92 Å². The topological polar surface area (TPSA) is 25.8 Å². The molecule has 2 aromatic carbocycles. The standard InChI is InChI=1S/C22H28N2Si/c1-15(2)11-17-7-9-19-20(13-17)23-14-24-22(19)18-8-10-21(16(3)12-18)25(4,5)6/h7-10,12-15H,11H2,1-6H3. The van der Waals surface area contributed by atoms with Crippen LogP contribution in [-0.4, -0.2) is 18.0 Å². The van der Waals surface area contributed by atoms with Gasteiger partial charge in [0, 0.05) is 10.9 Å². The van der Waals surface area contributed by atoms with Crippen molar-refractivity contribution in [1.82, 2.24) is 9.97 Å². The zero-order chi connectivity index (χ0) is 18.2. The van der Waals surface area contributed by atoms with Crippen molar-refractivity contribution < 1.29 is 0 Å². The van der Waals surface area contributed by atoms with Gasteiger partial charge in [-0.05, 0) is 37.0 Å². The summed E-state index contributed by atoms with van der Waals surface area (Å²) < 4.78 is 0. The Labute approximate surface area is 152 Å². The Bertz CT molecular complexity index is 908. The van der Waals surface area contributed by atoms with Crippen LogP contribution in [0.4, 0.5) is 0 Å². The minimum atomic E-state index is -1.31. The first-order valence-electron chi connectivity index (χ1n) is 9.11. The van der Waals surface area contributed by atoms with Crippen LogP contribution < -0.4 is 5.19 Å². The van der Waals surface area contributed by atoms with Crippen LogP contribution in [0, 0.1) is 12.8 Å². The lowest BCUT2D eigenvalue weighted by atomic mass is 9.99. The van der Waals surface area contributed by atoms with Crippen molar-refractivity contribution in [2.75, 3.05) is 0 Å². The fourth-order valence-corrected chi connectivity index (χ4v) is 5.42. The maximum Gasteiger partial charge on any atom is 0.116 e. The Morgan fingerprint density at radius 1 is 0.960 bits per heavy atom. The van der Waals surface area contributed by atoms with Gasteiger partial charge < -0.3 is 0 Å². The highest BCUT2D eigenvalue weighted by atomic mass is 28.3. The SMILES string of the molecule is Cc1cc(-c2ncnc3cc(CC(C)C)ccc23)ccc1[Si](C)(C)C. The highest BCUT2D eigenvalue weighted by molar-refractivity contribution is 6.89. The molecule has 0 atom stereocenters. The van der Waals surface area contributed by atoms with E-state index in [0.717, 1.165) is 23.0 Å². The normalized spacial score (nSPS) is 12.1. The van der Waals surface area contributed by atoms with Gasteiger partial charge in [-0.3, -0.25) is 0 Å². The second-order valence-electron chi connectivity index (χ2n) is 8.45. The summed E-state index contributed by atoms with van der Waals surface area (Å²) in [5.41, 5.74) is 5.97. The minimum absolute atomic E-state index is 0.649. The van der Waals surface area contributed by atoms with Crippen LogP contribution in [-0.2, 0) is 6.42 Å². The summed E-state index contributed by atoms with van der Waals surface area (Å²) in [6.07, 6.45) is 2.78. The van der Waals surface area contributed by atoms with Crippen LogP contribution in [0.1, 0.15) is 25.0 Å². The molecular formula is C22H28N2Si. The third-order valence-electron chi connectivity index (χ3n) is 4.65. The Kier molecular flexibility index (Phi) is 4.78. The molecule has 1 aromatic heterocycles. The van der Waals surface area contributed by atoms with Crippen molar-refractivity contribution >= 4 is 24.2 Å². The molecule has 25 heavy (non-hydrogen) atoms. The summed E-state index contributed by atoms with van der Waals surface area (Å²) in [5.74, 6) is 0.649. The van der Waals surface area contributed by atoms with Crippen molar-refractivity contribution in [3.63, 3.8) is 0 Å². The zero-order valence-electron chi connectivity index (χ0n) is 16.2. The van der Waals surface area contributed by atoms with E-state index in [-0.39, 0.29) is 0 Å². The first kappa shape index (κ1) is 17.8. The number of hydrogen-bond acceptors (Lipinski definition) is 2. The Morgan fingerprint density at radius 3 is 2.36 bits per heavy atom. The summed E-state index contributed by atoms with van der Waals surface area (Å²) in [7, 11) is -1.31. The van der Waals surface area contributed by atoms with Crippen LogP contribution in [0.2, 0.25) is 19.6 Å². The molecule has 0 saturated carbocycles. The largest absolute Gasteiger partial charge is 0.236 e. The quantitative estimate of drug-likeness (QED) is 0.594. The maximum absolute atomic E-state index is 4.60. The lowest BCUT2D eigenvalue weighted by Crippen LogP contribution is -2.39. The fourth-order valence-electron chi connectivity index (χ4n) is 3.58. The Morgan fingerprint density at radius 2 is 1.72 bits per heavy atom. The predicted molar refractivity (Wildman–Crippen MR) is 111 cm³/mol. The number of rotatable bonds is 4. The van der Waals surface area contributed by atoms with Crippen molar-refractivity contribution in [2.45, 2.75) is 46.8 Å². The average molecular weight is 349 g/mol. The maximum atomic E-state index is 4.60. The van der Waals surface area contributed by atoms with Gasteiger partial charge >= 0.3 is 0 Å². The van der Waals surface area contributed by atoms with Gasteiger partial charge in [0.05, 0.1) is 19.3 Å². The molecule has 0 amide bonds. The van der Waals surface area contributed by atoms with Crippen LogP contribution in [0.5, 0.6) is 0 Å². The van der Waals surface area contributed by atoms with Gasteiger partial charge in [-0.2, -0.15) is 0 Å². The molecule has 0 fully saturated rings. The first-order chi connectivity index (χ1) is 11.8. The van der Waals surface area contributed by atoms with E-state index in [1.807, 2.05) is 0 Å². The van der Waals surface area contributed by atoms with E-state index in [9.17, 15) is 0 Å². The monoisotopic (exact) mass is 348 g/mol. The Balaban J connectivity index is 2.08. The molecule has 0 aliphatic rings. The van der Waals surface area contributed by atoms with E-state index >= 15 is 0 Å². The summed E-state index contributed by atoms with van der Waals surface area (Å²) in [4.78, 5) is 9.11. The summed E-state index contributed by atoms with van der Waals surface area (Å²) in [6, 6.07) is 13.4. The molecule has 0 spiro atoms. The lowest BCUT2D eigenvalue weighted by molar-refractivity contribution is 0.647. The van der Waals surface area contributed by atoms with Crippen LogP contribution in [0.3, 0.4) is 0 Å². The van der Waals surface area contributed by atoms with Gasteiger partial charge in [-0.25, -0.2) is 9.97 Å². The zero-order valence-corrected chi connectivity index (χ0v) is 17.2. The van der Waals surface area contributed by atoms with Gasteiger partial charge in [0.2, 0.25) is 0 Å². The van der Waals surface area contributed by atoms with E-state index in [1.165, 1.54) is 21.9 Å². The minimum Gasteiger partial charge on any atom is -0.236 e. The summed E-state index contributed by atoms with van der Waals surface area (Å²) in [6.45, 7) is 13.9. The van der Waals surface area contributed by atoms with E-state index in [4.69, 9.17) is 0 Å². The van der Waals surface area contributed by atoms with Crippen molar-refractivity contribution in [1.29, 1.82) is 0 Å². The molecule has 3 heteroatoms. The van der Waals surface area contributed by atoms with Crippen LogP contribution in [0.15, 0.2) is 42.7 Å². The van der Waals surface area contributed by atoms with Gasteiger partial charge in [-0.1, -0.05) is 68.5 Å². The van der Waals surface area contributed by atoms with Crippen LogP contribution in [0.25, 0.3) is 22.2 Å². The number of hydrogen-bond donors (Lipinski definition) is 0. The lowest BCUT2D eigenvalue weighted by Gasteiger charge is -2.20. The molecule has 2 nitrogen and oxygen atoms in total. The molecule has 0 N–H and O–H groups in total. The first-order valence-corrected chi connectivity index (χ1v) is 12.6. The van der Waals surface area contributed by atoms with Gasteiger partial charge in [0.25, 0.3) is 0 Å². The second kappa shape index (κ2) is 6.72. The fraction of sp³-hybridized carbons (Fsp3) is 0.364. The van der Waals surface area contributed by atoms with Gasteiger partial charge in [0.15, 0.2) is 0 Å². The highest BCUT2D eigenvalue weighted by Crippen LogP contribution is 2.27. The van der Waals surface area contributed by atoms with Crippen molar-refractivity contribution in [3.05, 3.63) is 53.9 Å². The molecule has 0 saturated heterocycles. The van der Waals surface area contributed by atoms with Crippen molar-refractivity contribution in [3.8, 4) is 11.3 Å². The van der Waals surface area contributed by atoms with E-state index in [1.54, 1.807) is 6.33 Å². The molecule has 0 radical (unpaired) electrons. The molecule has 0 aliphatic carbocycles. The second-order valence-corrected chi connectivity index (χ2v) is 13.5. The molecule has 0 unspecified atom stereocenters. The van der Waals surface area contributed by atoms with Crippen LogP contribution >= 0.6 is 0 Å². The average Bonchev–Trinajstić information content (AvgIpc) is 2.52. The third-order valence-corrected chi connectivity index (χ3v) is 6.83. The van der Waals surface area contributed by atoms with Gasteiger partial charge in [0.1, 0.15) is 6.33 Å². The van der Waals surface area contributed by atoms with Crippen molar-refractivity contribution in [2.24, 2.45) is 5.92 Å². The van der Waals surface area contributed by atoms with E-state index in [2.05, 4.69) is 86.8 Å². The number of aromatic nitrogens is 2. The third kappa shape index (κ3) is 3.82. The number of nitrogens with zero attached hydrogens (tertiary/aromatic N) is 2. The number of benzene rings is 2. The molecule has 0 aliphatic heterocycles. The highest BCUT2D eigenvalue weighted by Gasteiger charge is 2.19.